The highest BCUT2D eigenvalue weighted by Crippen LogP contribution is 2.52. The van der Waals surface area contributed by atoms with Crippen molar-refractivity contribution in [2.75, 3.05) is 6.61 Å². The normalized spacial score (nSPS) is 28.5. The van der Waals surface area contributed by atoms with Gasteiger partial charge in [0.05, 0.1) is 11.0 Å². The van der Waals surface area contributed by atoms with E-state index in [2.05, 4.69) is 19.2 Å². The molecule has 7 heteroatoms. The third-order valence-electron chi connectivity index (χ3n) is 4.82. The molecule has 1 amide bonds. The van der Waals surface area contributed by atoms with Crippen molar-refractivity contribution < 1.29 is 19.6 Å². The van der Waals surface area contributed by atoms with Crippen LogP contribution in [0.25, 0.3) is 0 Å². The SMILES string of the molecule is CC1(C)C(NC(=O)c2ccc([N+](=O)[O-])c(O)c2)C2CCOC21. The molecule has 0 spiro atoms. The Kier molecular flexibility index (Phi) is 3.32. The number of nitro groups is 1. The van der Waals surface area contributed by atoms with Gasteiger partial charge in [0.25, 0.3) is 5.91 Å². The molecule has 3 unspecified atom stereocenters. The van der Waals surface area contributed by atoms with E-state index in [1.807, 2.05) is 0 Å². The smallest absolute Gasteiger partial charge is 0.310 e. The lowest BCUT2D eigenvalue weighted by atomic mass is 9.57. The molecule has 1 aliphatic heterocycles. The molecule has 1 aromatic carbocycles. The van der Waals surface area contributed by atoms with Gasteiger partial charge < -0.3 is 15.2 Å². The summed E-state index contributed by atoms with van der Waals surface area (Å²) in [5, 5.41) is 23.3. The highest BCUT2D eigenvalue weighted by Gasteiger charge is 2.59. The predicted molar refractivity (Wildman–Crippen MR) is 77.6 cm³/mol. The number of hydrogen-bond donors (Lipinski definition) is 2. The van der Waals surface area contributed by atoms with Crippen LogP contribution in [0.5, 0.6) is 5.75 Å². The van der Waals surface area contributed by atoms with Crippen LogP contribution < -0.4 is 5.32 Å². The van der Waals surface area contributed by atoms with Gasteiger partial charge in [0.15, 0.2) is 5.75 Å². The Morgan fingerprint density at radius 2 is 2.23 bits per heavy atom. The van der Waals surface area contributed by atoms with Crippen LogP contribution in [0.15, 0.2) is 18.2 Å². The van der Waals surface area contributed by atoms with Crippen molar-refractivity contribution in [1.29, 1.82) is 0 Å². The van der Waals surface area contributed by atoms with E-state index in [-0.39, 0.29) is 29.0 Å². The van der Waals surface area contributed by atoms with Crippen molar-refractivity contribution in [3.8, 4) is 5.75 Å². The number of aromatic hydroxyl groups is 1. The highest BCUT2D eigenvalue weighted by molar-refractivity contribution is 5.95. The van der Waals surface area contributed by atoms with Crippen molar-refractivity contribution in [3.05, 3.63) is 33.9 Å². The van der Waals surface area contributed by atoms with E-state index in [1.165, 1.54) is 6.07 Å². The fraction of sp³-hybridized carbons (Fsp3) is 0.533. The minimum atomic E-state index is -0.688. The number of phenols is 1. The fourth-order valence-corrected chi connectivity index (χ4v) is 3.66. The lowest BCUT2D eigenvalue weighted by Gasteiger charge is -2.54. The van der Waals surface area contributed by atoms with Crippen molar-refractivity contribution in [1.82, 2.24) is 5.32 Å². The van der Waals surface area contributed by atoms with Gasteiger partial charge in [-0.15, -0.1) is 0 Å². The highest BCUT2D eigenvalue weighted by atomic mass is 16.6. The van der Waals surface area contributed by atoms with E-state index in [0.717, 1.165) is 18.6 Å². The number of nitrogens with zero attached hydrogens (tertiary/aromatic N) is 1. The third-order valence-corrected chi connectivity index (χ3v) is 4.82. The summed E-state index contributed by atoms with van der Waals surface area (Å²) >= 11 is 0. The Hall–Kier alpha value is -2.15. The maximum absolute atomic E-state index is 12.3. The molecular weight excluding hydrogens is 288 g/mol. The molecule has 2 fully saturated rings. The molecule has 1 heterocycles. The molecule has 0 bridgehead atoms. The molecule has 2 aliphatic rings. The van der Waals surface area contributed by atoms with Crippen molar-refractivity contribution >= 4 is 11.6 Å². The fourth-order valence-electron chi connectivity index (χ4n) is 3.66. The minimum absolute atomic E-state index is 0.00448. The van der Waals surface area contributed by atoms with E-state index in [4.69, 9.17) is 4.74 Å². The van der Waals surface area contributed by atoms with E-state index in [0.29, 0.717) is 12.5 Å². The van der Waals surface area contributed by atoms with Crippen molar-refractivity contribution in [2.45, 2.75) is 32.4 Å². The summed E-state index contributed by atoms with van der Waals surface area (Å²) in [6.07, 6.45) is 1.09. The lowest BCUT2D eigenvalue weighted by molar-refractivity contribution is -0.385. The average Bonchev–Trinajstić information content (AvgIpc) is 2.90. The molecule has 0 radical (unpaired) electrons. The van der Waals surface area contributed by atoms with Gasteiger partial charge in [-0.05, 0) is 18.6 Å². The Labute approximate surface area is 127 Å². The van der Waals surface area contributed by atoms with Crippen LogP contribution in [0.4, 0.5) is 5.69 Å². The standard InChI is InChI=1S/C15H18N2O5/c1-15(2)12(9-5-6-22-13(9)15)16-14(19)8-3-4-10(17(20)21)11(18)7-8/h3-4,7,9,12-13,18H,5-6H2,1-2H3,(H,16,19). The summed E-state index contributed by atoms with van der Waals surface area (Å²) in [7, 11) is 0. The van der Waals surface area contributed by atoms with Crippen LogP contribution in [-0.4, -0.2) is 34.7 Å². The van der Waals surface area contributed by atoms with Gasteiger partial charge in [0.1, 0.15) is 0 Å². The summed E-state index contributed by atoms with van der Waals surface area (Å²) in [4.78, 5) is 22.3. The number of fused-ring (bicyclic) bond motifs is 1. The van der Waals surface area contributed by atoms with Crippen molar-refractivity contribution in [2.24, 2.45) is 11.3 Å². The number of hydrogen-bond acceptors (Lipinski definition) is 5. The minimum Gasteiger partial charge on any atom is -0.502 e. The number of benzene rings is 1. The first-order valence-electron chi connectivity index (χ1n) is 7.22. The summed E-state index contributed by atoms with van der Waals surface area (Å²) in [6, 6.07) is 3.62. The average molecular weight is 306 g/mol. The first-order chi connectivity index (χ1) is 10.3. The van der Waals surface area contributed by atoms with Gasteiger partial charge in [0.2, 0.25) is 0 Å². The van der Waals surface area contributed by atoms with Crippen LogP contribution in [0.2, 0.25) is 0 Å². The summed E-state index contributed by atoms with van der Waals surface area (Å²) in [5.41, 5.74) is -0.342. The lowest BCUT2D eigenvalue weighted by Crippen LogP contribution is -2.66. The molecule has 118 valence electrons. The zero-order valence-electron chi connectivity index (χ0n) is 12.4. The number of ether oxygens (including phenoxy) is 1. The zero-order chi connectivity index (χ0) is 16.1. The summed E-state index contributed by atoms with van der Waals surface area (Å²) < 4.78 is 5.68. The zero-order valence-corrected chi connectivity index (χ0v) is 12.4. The molecule has 0 aromatic heterocycles. The Balaban J connectivity index is 1.75. The van der Waals surface area contributed by atoms with Crippen LogP contribution in [0.3, 0.4) is 0 Å². The van der Waals surface area contributed by atoms with E-state index in [9.17, 15) is 20.0 Å². The van der Waals surface area contributed by atoms with E-state index in [1.54, 1.807) is 0 Å². The molecule has 1 aromatic rings. The van der Waals surface area contributed by atoms with Crippen LogP contribution in [0, 0.1) is 21.4 Å². The van der Waals surface area contributed by atoms with Crippen LogP contribution >= 0.6 is 0 Å². The van der Waals surface area contributed by atoms with Crippen LogP contribution in [-0.2, 0) is 4.74 Å². The molecule has 1 saturated heterocycles. The van der Waals surface area contributed by atoms with E-state index >= 15 is 0 Å². The monoisotopic (exact) mass is 306 g/mol. The Morgan fingerprint density at radius 3 is 2.86 bits per heavy atom. The first-order valence-corrected chi connectivity index (χ1v) is 7.22. The number of phenolic OH excluding ortho intramolecular Hbond substituents is 1. The van der Waals surface area contributed by atoms with Crippen molar-refractivity contribution in [3.63, 3.8) is 0 Å². The maximum Gasteiger partial charge on any atom is 0.310 e. The molecule has 2 N–H and O–H groups in total. The topological polar surface area (TPSA) is 102 Å². The summed E-state index contributed by atoms with van der Waals surface area (Å²) in [5.74, 6) is -0.535. The number of carbonyl (C=O) groups is 1. The van der Waals surface area contributed by atoms with Gasteiger partial charge in [-0.1, -0.05) is 13.8 Å². The number of carbonyl (C=O) groups excluding carboxylic acids is 1. The first kappa shape index (κ1) is 14.8. The van der Waals surface area contributed by atoms with Gasteiger partial charge >= 0.3 is 5.69 Å². The second-order valence-corrected chi connectivity index (χ2v) is 6.48. The molecule has 1 saturated carbocycles. The third kappa shape index (κ3) is 2.12. The molecule has 7 nitrogen and oxygen atoms in total. The second kappa shape index (κ2) is 4.95. The number of rotatable bonds is 3. The number of nitrogens with one attached hydrogen (secondary N) is 1. The van der Waals surface area contributed by atoms with Crippen LogP contribution in [0.1, 0.15) is 30.6 Å². The largest absolute Gasteiger partial charge is 0.502 e. The predicted octanol–water partition coefficient (Wildman–Crippen LogP) is 1.84. The maximum atomic E-state index is 12.3. The molecule has 1 aliphatic carbocycles. The number of nitro benzene ring substituents is 1. The number of amides is 1. The van der Waals surface area contributed by atoms with E-state index < -0.39 is 16.4 Å². The van der Waals surface area contributed by atoms with Gasteiger partial charge in [-0.25, -0.2) is 0 Å². The summed E-state index contributed by atoms with van der Waals surface area (Å²) in [6.45, 7) is 4.82. The van der Waals surface area contributed by atoms with Gasteiger partial charge in [-0.3, -0.25) is 14.9 Å². The quantitative estimate of drug-likeness (QED) is 0.655. The molecular formula is C15H18N2O5. The molecule has 3 rings (SSSR count). The second-order valence-electron chi connectivity index (χ2n) is 6.48. The van der Waals surface area contributed by atoms with Gasteiger partial charge in [0, 0.05) is 35.6 Å². The Bertz CT molecular complexity index is 643. The Morgan fingerprint density at radius 1 is 1.50 bits per heavy atom. The van der Waals surface area contributed by atoms with Gasteiger partial charge in [-0.2, -0.15) is 0 Å². The molecule has 3 atom stereocenters. The molecule has 22 heavy (non-hydrogen) atoms.